The van der Waals surface area contributed by atoms with Gasteiger partial charge in [0, 0.05) is 32.0 Å². The lowest BCUT2D eigenvalue weighted by Crippen LogP contribution is -2.38. The summed E-state index contributed by atoms with van der Waals surface area (Å²) in [5, 5.41) is 3.43. The smallest absolute Gasteiger partial charge is 0.229 e. The molecule has 1 saturated carbocycles. The van der Waals surface area contributed by atoms with Crippen LogP contribution in [0.3, 0.4) is 0 Å². The Morgan fingerprint density at radius 3 is 2.50 bits per heavy atom. The number of rotatable bonds is 4. The first-order chi connectivity index (χ1) is 7.66. The lowest BCUT2D eigenvalue weighted by molar-refractivity contribution is -0.138. The molecule has 0 radical (unpaired) electrons. The summed E-state index contributed by atoms with van der Waals surface area (Å²) in [6.45, 7) is 3.56. The standard InChI is InChI=1S/C12H20N2O2/c1-9-2-3-10(8-9)13-6-7-14-11(15)4-5-12(14)16/h9-10,13H,2-8H2,1H3. The Hall–Kier alpha value is -0.900. The fourth-order valence-electron chi connectivity index (χ4n) is 2.65. The van der Waals surface area contributed by atoms with Crippen LogP contribution in [-0.4, -0.2) is 35.8 Å². The third-order valence-corrected chi connectivity index (χ3v) is 3.62. The summed E-state index contributed by atoms with van der Waals surface area (Å²) in [6, 6.07) is 0.586. The van der Waals surface area contributed by atoms with Gasteiger partial charge in [0.15, 0.2) is 0 Å². The molecule has 2 amide bonds. The van der Waals surface area contributed by atoms with Crippen molar-refractivity contribution in [2.24, 2.45) is 5.92 Å². The molecule has 0 bridgehead atoms. The number of carbonyl (C=O) groups is 2. The molecule has 2 atom stereocenters. The highest BCUT2D eigenvalue weighted by molar-refractivity contribution is 6.01. The van der Waals surface area contributed by atoms with Gasteiger partial charge >= 0.3 is 0 Å². The molecule has 0 spiro atoms. The predicted molar refractivity (Wildman–Crippen MR) is 60.8 cm³/mol. The van der Waals surface area contributed by atoms with Crippen molar-refractivity contribution in [1.29, 1.82) is 0 Å². The molecule has 2 rings (SSSR count). The van der Waals surface area contributed by atoms with Crippen molar-refractivity contribution in [1.82, 2.24) is 10.2 Å². The molecule has 0 aromatic heterocycles. The average Bonchev–Trinajstić information content (AvgIpc) is 2.78. The Labute approximate surface area is 96.4 Å². The highest BCUT2D eigenvalue weighted by Gasteiger charge is 2.28. The van der Waals surface area contributed by atoms with Crippen LogP contribution in [0.25, 0.3) is 0 Å². The van der Waals surface area contributed by atoms with E-state index in [1.807, 2.05) is 0 Å². The van der Waals surface area contributed by atoms with E-state index < -0.39 is 0 Å². The van der Waals surface area contributed by atoms with Crippen LogP contribution in [0, 0.1) is 5.92 Å². The molecular formula is C12H20N2O2. The molecule has 1 aliphatic carbocycles. The summed E-state index contributed by atoms with van der Waals surface area (Å²) in [7, 11) is 0. The molecule has 90 valence electrons. The van der Waals surface area contributed by atoms with E-state index in [0.29, 0.717) is 25.4 Å². The van der Waals surface area contributed by atoms with Crippen LogP contribution in [-0.2, 0) is 9.59 Å². The van der Waals surface area contributed by atoms with E-state index in [1.165, 1.54) is 24.2 Å². The van der Waals surface area contributed by atoms with Crippen molar-refractivity contribution < 1.29 is 9.59 Å². The largest absolute Gasteiger partial charge is 0.312 e. The van der Waals surface area contributed by atoms with E-state index in [1.54, 1.807) is 0 Å². The first-order valence-electron chi connectivity index (χ1n) is 6.23. The van der Waals surface area contributed by atoms with E-state index in [9.17, 15) is 9.59 Å². The number of hydrogen-bond donors (Lipinski definition) is 1. The Morgan fingerprint density at radius 2 is 1.94 bits per heavy atom. The zero-order valence-corrected chi connectivity index (χ0v) is 9.87. The number of nitrogens with zero attached hydrogens (tertiary/aromatic N) is 1. The summed E-state index contributed by atoms with van der Waals surface area (Å²) in [5.41, 5.74) is 0. The maximum atomic E-state index is 11.3. The average molecular weight is 224 g/mol. The lowest BCUT2D eigenvalue weighted by Gasteiger charge is -2.17. The van der Waals surface area contributed by atoms with Gasteiger partial charge in [-0.1, -0.05) is 6.92 Å². The van der Waals surface area contributed by atoms with Gasteiger partial charge in [-0.2, -0.15) is 0 Å². The highest BCUT2D eigenvalue weighted by Crippen LogP contribution is 2.24. The zero-order chi connectivity index (χ0) is 11.5. The van der Waals surface area contributed by atoms with Gasteiger partial charge in [-0.25, -0.2) is 0 Å². The number of carbonyl (C=O) groups excluding carboxylic acids is 2. The molecule has 16 heavy (non-hydrogen) atoms. The molecule has 1 heterocycles. The fraction of sp³-hybridized carbons (Fsp3) is 0.833. The predicted octanol–water partition coefficient (Wildman–Crippen LogP) is 0.914. The van der Waals surface area contributed by atoms with Crippen molar-refractivity contribution in [3.8, 4) is 0 Å². The van der Waals surface area contributed by atoms with Gasteiger partial charge in [0.25, 0.3) is 0 Å². The maximum absolute atomic E-state index is 11.3. The summed E-state index contributed by atoms with van der Waals surface area (Å²) in [4.78, 5) is 24.1. The molecule has 4 heteroatoms. The second kappa shape index (κ2) is 4.95. The zero-order valence-electron chi connectivity index (χ0n) is 9.87. The van der Waals surface area contributed by atoms with Crippen LogP contribution in [0.15, 0.2) is 0 Å². The third kappa shape index (κ3) is 2.61. The third-order valence-electron chi connectivity index (χ3n) is 3.62. The van der Waals surface area contributed by atoms with Gasteiger partial charge in [0.2, 0.25) is 11.8 Å². The molecule has 2 fully saturated rings. The van der Waals surface area contributed by atoms with Gasteiger partial charge < -0.3 is 5.32 Å². The summed E-state index contributed by atoms with van der Waals surface area (Å²) >= 11 is 0. The van der Waals surface area contributed by atoms with E-state index in [4.69, 9.17) is 0 Å². The minimum atomic E-state index is -0.00779. The van der Waals surface area contributed by atoms with E-state index in [2.05, 4.69) is 12.2 Å². The Kier molecular flexibility index (Phi) is 3.59. The molecule has 1 aliphatic heterocycles. The Balaban J connectivity index is 1.68. The minimum absolute atomic E-state index is 0.00779. The fourth-order valence-corrected chi connectivity index (χ4v) is 2.65. The molecule has 0 aromatic rings. The lowest BCUT2D eigenvalue weighted by atomic mass is 10.1. The Bertz CT molecular complexity index is 275. The topological polar surface area (TPSA) is 49.4 Å². The summed E-state index contributed by atoms with van der Waals surface area (Å²) in [5.74, 6) is 0.797. The molecule has 0 aromatic carbocycles. The Morgan fingerprint density at radius 1 is 1.25 bits per heavy atom. The molecule has 4 nitrogen and oxygen atoms in total. The van der Waals surface area contributed by atoms with Crippen molar-refractivity contribution in [3.05, 3.63) is 0 Å². The molecule has 2 aliphatic rings. The quantitative estimate of drug-likeness (QED) is 0.722. The van der Waals surface area contributed by atoms with Crippen molar-refractivity contribution in [3.63, 3.8) is 0 Å². The number of amides is 2. The van der Waals surface area contributed by atoms with Crippen LogP contribution in [0.5, 0.6) is 0 Å². The van der Waals surface area contributed by atoms with Crippen LogP contribution < -0.4 is 5.32 Å². The first-order valence-corrected chi connectivity index (χ1v) is 6.23. The minimum Gasteiger partial charge on any atom is -0.312 e. The number of hydrogen-bond acceptors (Lipinski definition) is 3. The summed E-state index contributed by atoms with van der Waals surface area (Å²) in [6.07, 6.45) is 4.54. The van der Waals surface area contributed by atoms with Crippen molar-refractivity contribution in [2.75, 3.05) is 13.1 Å². The van der Waals surface area contributed by atoms with Gasteiger partial charge in [0.1, 0.15) is 0 Å². The monoisotopic (exact) mass is 224 g/mol. The van der Waals surface area contributed by atoms with Crippen molar-refractivity contribution >= 4 is 11.8 Å². The van der Waals surface area contributed by atoms with Crippen LogP contribution >= 0.6 is 0 Å². The second-order valence-electron chi connectivity index (χ2n) is 5.01. The SMILES string of the molecule is CC1CCC(NCCN2C(=O)CCC2=O)C1. The van der Waals surface area contributed by atoms with E-state index >= 15 is 0 Å². The van der Waals surface area contributed by atoms with Crippen LogP contribution in [0.1, 0.15) is 39.0 Å². The molecule has 2 unspecified atom stereocenters. The van der Waals surface area contributed by atoms with Gasteiger partial charge in [-0.05, 0) is 25.2 Å². The highest BCUT2D eigenvalue weighted by atomic mass is 16.2. The normalized spacial score (nSPS) is 30.4. The number of imide groups is 1. The summed E-state index contributed by atoms with van der Waals surface area (Å²) < 4.78 is 0. The van der Waals surface area contributed by atoms with E-state index in [0.717, 1.165) is 12.5 Å². The molecular weight excluding hydrogens is 204 g/mol. The van der Waals surface area contributed by atoms with E-state index in [-0.39, 0.29) is 11.8 Å². The maximum Gasteiger partial charge on any atom is 0.229 e. The van der Waals surface area contributed by atoms with Gasteiger partial charge in [-0.3, -0.25) is 14.5 Å². The van der Waals surface area contributed by atoms with Crippen LogP contribution in [0.2, 0.25) is 0 Å². The van der Waals surface area contributed by atoms with Gasteiger partial charge in [0.05, 0.1) is 0 Å². The van der Waals surface area contributed by atoms with Crippen molar-refractivity contribution in [2.45, 2.75) is 45.1 Å². The first kappa shape index (κ1) is 11.6. The number of nitrogens with one attached hydrogen (secondary N) is 1. The van der Waals surface area contributed by atoms with Crippen LogP contribution in [0.4, 0.5) is 0 Å². The molecule has 1 N–H and O–H groups in total. The van der Waals surface area contributed by atoms with Gasteiger partial charge in [-0.15, -0.1) is 0 Å². The number of likely N-dealkylation sites (tertiary alicyclic amines) is 1. The second-order valence-corrected chi connectivity index (χ2v) is 5.01. The molecule has 1 saturated heterocycles.